The lowest BCUT2D eigenvalue weighted by Crippen LogP contribution is -1.91. The molecule has 0 aliphatic heterocycles. The predicted octanol–water partition coefficient (Wildman–Crippen LogP) is 1.48. The van der Waals surface area contributed by atoms with E-state index in [1.54, 1.807) is 12.4 Å². The van der Waals surface area contributed by atoms with Crippen LogP contribution in [0.2, 0.25) is 0 Å². The van der Waals surface area contributed by atoms with Crippen molar-refractivity contribution in [2.45, 2.75) is 0 Å². The van der Waals surface area contributed by atoms with Crippen molar-refractivity contribution in [1.82, 2.24) is 4.98 Å². The molecule has 60 valence electrons. The van der Waals surface area contributed by atoms with Crippen LogP contribution in [0.5, 0.6) is 0 Å². The van der Waals surface area contributed by atoms with Crippen LogP contribution in [-0.4, -0.2) is 11.5 Å². The van der Waals surface area contributed by atoms with Gasteiger partial charge in [-0.25, -0.2) is 0 Å². The first-order valence-electron chi connectivity index (χ1n) is 3.20. The summed E-state index contributed by atoms with van der Waals surface area (Å²) >= 11 is 0. The average Bonchev–Trinajstić information content (AvgIpc) is 2.03. The highest BCUT2D eigenvalue weighted by molar-refractivity contribution is 5.85. The Morgan fingerprint density at radius 2 is 2.00 bits per heavy atom. The van der Waals surface area contributed by atoms with Gasteiger partial charge in [-0.3, -0.25) is 4.98 Å². The highest BCUT2D eigenvalue weighted by atomic mass is 35.5. The fraction of sp³-hybridized carbons (Fsp3) is 0.125. The molecule has 0 aliphatic carbocycles. The Hall–Kier alpha value is -0.860. The van der Waals surface area contributed by atoms with Crippen molar-refractivity contribution in [1.29, 1.82) is 0 Å². The first kappa shape index (κ1) is 10.1. The minimum absolute atomic E-state index is 0. The van der Waals surface area contributed by atoms with E-state index in [-0.39, 0.29) is 12.4 Å². The quantitative estimate of drug-likeness (QED) is 0.730. The fourth-order valence-corrected chi connectivity index (χ4v) is 0.679. The van der Waals surface area contributed by atoms with Gasteiger partial charge in [0.25, 0.3) is 0 Å². The van der Waals surface area contributed by atoms with E-state index in [1.807, 2.05) is 24.3 Å². The number of rotatable bonds is 2. The molecule has 0 aromatic carbocycles. The molecule has 2 nitrogen and oxygen atoms in total. The fourth-order valence-electron chi connectivity index (χ4n) is 0.679. The van der Waals surface area contributed by atoms with E-state index in [2.05, 4.69) is 4.98 Å². The van der Waals surface area contributed by atoms with Gasteiger partial charge in [-0.05, 0) is 17.7 Å². The first-order valence-corrected chi connectivity index (χ1v) is 3.20. The maximum Gasteiger partial charge on any atom is 0.0273 e. The van der Waals surface area contributed by atoms with Crippen molar-refractivity contribution >= 4 is 18.5 Å². The minimum atomic E-state index is 0. The molecule has 1 aromatic heterocycles. The molecule has 0 amide bonds. The van der Waals surface area contributed by atoms with Gasteiger partial charge < -0.3 is 5.73 Å². The molecular weight excluding hydrogens is 160 g/mol. The second kappa shape index (κ2) is 5.89. The molecule has 0 bridgehead atoms. The van der Waals surface area contributed by atoms with Gasteiger partial charge in [0.1, 0.15) is 0 Å². The lowest BCUT2D eigenvalue weighted by molar-refractivity contribution is 1.26. The molecule has 0 fully saturated rings. The zero-order valence-electron chi connectivity index (χ0n) is 6.10. The smallest absolute Gasteiger partial charge is 0.0273 e. The average molecular weight is 171 g/mol. The zero-order chi connectivity index (χ0) is 7.23. The molecule has 2 N–H and O–H groups in total. The van der Waals surface area contributed by atoms with Crippen molar-refractivity contribution in [3.8, 4) is 0 Å². The van der Waals surface area contributed by atoms with Crippen LogP contribution in [-0.2, 0) is 0 Å². The Morgan fingerprint density at radius 3 is 2.55 bits per heavy atom. The van der Waals surface area contributed by atoms with Crippen molar-refractivity contribution < 1.29 is 0 Å². The van der Waals surface area contributed by atoms with Gasteiger partial charge in [0, 0.05) is 18.9 Å². The van der Waals surface area contributed by atoms with E-state index in [1.165, 1.54) is 0 Å². The van der Waals surface area contributed by atoms with Crippen LogP contribution < -0.4 is 5.73 Å². The third-order valence-electron chi connectivity index (χ3n) is 1.15. The summed E-state index contributed by atoms with van der Waals surface area (Å²) in [5.74, 6) is 0. The van der Waals surface area contributed by atoms with Gasteiger partial charge >= 0.3 is 0 Å². The summed E-state index contributed by atoms with van der Waals surface area (Å²) in [6.45, 7) is 0.586. The maximum atomic E-state index is 5.27. The van der Waals surface area contributed by atoms with E-state index < -0.39 is 0 Å². The molecule has 3 heteroatoms. The monoisotopic (exact) mass is 170 g/mol. The maximum absolute atomic E-state index is 5.27. The normalized spacial score (nSPS) is 9.55. The van der Waals surface area contributed by atoms with Gasteiger partial charge in [0.05, 0.1) is 0 Å². The topological polar surface area (TPSA) is 38.9 Å². The molecule has 0 saturated heterocycles. The van der Waals surface area contributed by atoms with Gasteiger partial charge in [-0.2, -0.15) is 0 Å². The Labute approximate surface area is 72.5 Å². The van der Waals surface area contributed by atoms with Gasteiger partial charge in [0.15, 0.2) is 0 Å². The molecule has 1 heterocycles. The number of halogens is 1. The summed E-state index contributed by atoms with van der Waals surface area (Å²) in [6, 6.07) is 3.87. The van der Waals surface area contributed by atoms with Crippen LogP contribution in [0.1, 0.15) is 5.56 Å². The van der Waals surface area contributed by atoms with E-state index in [9.17, 15) is 0 Å². The van der Waals surface area contributed by atoms with Crippen LogP contribution in [0.3, 0.4) is 0 Å². The van der Waals surface area contributed by atoms with E-state index in [0.29, 0.717) is 6.54 Å². The van der Waals surface area contributed by atoms with E-state index >= 15 is 0 Å². The predicted molar refractivity (Wildman–Crippen MR) is 49.6 cm³/mol. The lowest BCUT2D eigenvalue weighted by Gasteiger charge is -1.87. The number of aromatic nitrogens is 1. The molecule has 0 unspecified atom stereocenters. The second-order valence-electron chi connectivity index (χ2n) is 1.92. The largest absolute Gasteiger partial charge is 0.327 e. The standard InChI is InChI=1S/C8H10N2.ClH/c9-5-1-2-8-3-6-10-7-4-8;/h1-4,6-7H,5,9H2;1H/b2-1+;. The van der Waals surface area contributed by atoms with Gasteiger partial charge in [-0.15, -0.1) is 12.4 Å². The van der Waals surface area contributed by atoms with Crippen LogP contribution in [0.25, 0.3) is 6.08 Å². The summed E-state index contributed by atoms with van der Waals surface area (Å²) in [5.41, 5.74) is 6.41. The number of hydrogen-bond donors (Lipinski definition) is 1. The molecule has 0 atom stereocenters. The van der Waals surface area contributed by atoms with E-state index in [4.69, 9.17) is 5.73 Å². The molecule has 1 rings (SSSR count). The molecule has 0 radical (unpaired) electrons. The van der Waals surface area contributed by atoms with Crippen LogP contribution in [0.4, 0.5) is 0 Å². The van der Waals surface area contributed by atoms with Crippen LogP contribution in [0, 0.1) is 0 Å². The van der Waals surface area contributed by atoms with Crippen molar-refractivity contribution in [2.24, 2.45) is 5.73 Å². The van der Waals surface area contributed by atoms with Crippen molar-refractivity contribution in [3.63, 3.8) is 0 Å². The third-order valence-corrected chi connectivity index (χ3v) is 1.15. The second-order valence-corrected chi connectivity index (χ2v) is 1.92. The van der Waals surface area contributed by atoms with Crippen LogP contribution in [0.15, 0.2) is 30.6 Å². The summed E-state index contributed by atoms with van der Waals surface area (Å²) in [5, 5.41) is 0. The Bertz CT molecular complexity index is 209. The molecular formula is C8H11ClN2. The SMILES string of the molecule is Cl.NC/C=C/c1ccncc1. The summed E-state index contributed by atoms with van der Waals surface area (Å²) in [7, 11) is 0. The Balaban J connectivity index is 0.000001000. The Morgan fingerprint density at radius 1 is 1.36 bits per heavy atom. The first-order chi connectivity index (χ1) is 4.93. The molecule has 0 spiro atoms. The molecule has 0 aliphatic rings. The molecule has 0 saturated carbocycles. The highest BCUT2D eigenvalue weighted by Gasteiger charge is 1.79. The number of nitrogens with two attached hydrogens (primary N) is 1. The zero-order valence-corrected chi connectivity index (χ0v) is 6.92. The number of hydrogen-bond acceptors (Lipinski definition) is 2. The molecule has 1 aromatic rings. The summed E-state index contributed by atoms with van der Waals surface area (Å²) in [6.07, 6.45) is 7.41. The number of nitrogens with zero attached hydrogens (tertiary/aromatic N) is 1. The van der Waals surface area contributed by atoms with E-state index in [0.717, 1.165) is 5.56 Å². The molecule has 11 heavy (non-hydrogen) atoms. The minimum Gasteiger partial charge on any atom is -0.327 e. The van der Waals surface area contributed by atoms with Crippen molar-refractivity contribution in [2.75, 3.05) is 6.54 Å². The lowest BCUT2D eigenvalue weighted by atomic mass is 10.2. The van der Waals surface area contributed by atoms with Crippen LogP contribution >= 0.6 is 12.4 Å². The summed E-state index contributed by atoms with van der Waals surface area (Å²) in [4.78, 5) is 3.89. The number of pyridine rings is 1. The Kier molecular flexibility index (Phi) is 5.43. The van der Waals surface area contributed by atoms with Gasteiger partial charge in [-0.1, -0.05) is 12.2 Å². The third kappa shape index (κ3) is 3.75. The summed E-state index contributed by atoms with van der Waals surface area (Å²) < 4.78 is 0. The van der Waals surface area contributed by atoms with Crippen molar-refractivity contribution in [3.05, 3.63) is 36.2 Å². The highest BCUT2D eigenvalue weighted by Crippen LogP contribution is 1.97. The van der Waals surface area contributed by atoms with Gasteiger partial charge in [0.2, 0.25) is 0 Å².